The molecule has 7 nitrogen and oxygen atoms in total. The van der Waals surface area contributed by atoms with Crippen molar-refractivity contribution in [2.75, 3.05) is 39.3 Å². The quantitative estimate of drug-likeness (QED) is 0.574. The minimum absolute atomic E-state index is 0.743. The fourth-order valence-corrected chi connectivity index (χ4v) is 3.62. The summed E-state index contributed by atoms with van der Waals surface area (Å²) in [5, 5.41) is 17.2. The van der Waals surface area contributed by atoms with Gasteiger partial charge in [-0.1, -0.05) is 66.7 Å². The van der Waals surface area contributed by atoms with E-state index in [9.17, 15) is 0 Å². The molecule has 1 fully saturated rings. The van der Waals surface area contributed by atoms with Gasteiger partial charge in [-0.2, -0.15) is 0 Å². The van der Waals surface area contributed by atoms with Crippen molar-refractivity contribution in [1.29, 1.82) is 0 Å². The molecule has 4 rings (SSSR count). The molecule has 168 valence electrons. The van der Waals surface area contributed by atoms with Crippen LogP contribution in [-0.2, 0) is 16.1 Å². The topological polar surface area (TPSA) is 90.3 Å². The Labute approximate surface area is 187 Å². The Hall–Kier alpha value is -3.42. The first-order chi connectivity index (χ1) is 15.5. The van der Waals surface area contributed by atoms with Crippen molar-refractivity contribution in [3.05, 3.63) is 78.4 Å². The van der Waals surface area contributed by atoms with Crippen molar-refractivity contribution < 1.29 is 24.5 Å². The van der Waals surface area contributed by atoms with Crippen molar-refractivity contribution in [3.63, 3.8) is 0 Å². The van der Waals surface area contributed by atoms with Crippen LogP contribution in [0, 0.1) is 0 Å². The Kier molecular flexibility index (Phi) is 8.60. The largest absolute Gasteiger partial charge is 0.492 e. The maximum atomic E-state index is 9.10. The molecule has 0 aliphatic carbocycles. The molecule has 3 aromatic rings. The van der Waals surface area contributed by atoms with Gasteiger partial charge in [0.2, 0.25) is 0 Å². The van der Waals surface area contributed by atoms with Crippen LogP contribution in [-0.4, -0.2) is 71.3 Å². The predicted molar refractivity (Wildman–Crippen MR) is 123 cm³/mol. The Bertz CT molecular complexity index is 1000. The molecular formula is C25H28N2O5. The first-order valence-corrected chi connectivity index (χ1v) is 10.6. The fourth-order valence-electron chi connectivity index (χ4n) is 3.62. The summed E-state index contributed by atoms with van der Waals surface area (Å²) < 4.78 is 6.09. The predicted octanol–water partition coefficient (Wildman–Crippen LogP) is 3.19. The number of carbonyl (C=O) groups is 2. The molecule has 0 radical (unpaired) electrons. The maximum Gasteiger partial charge on any atom is 0.414 e. The van der Waals surface area contributed by atoms with Gasteiger partial charge in [0.05, 0.1) is 0 Å². The van der Waals surface area contributed by atoms with Crippen molar-refractivity contribution in [2.45, 2.75) is 6.54 Å². The summed E-state index contributed by atoms with van der Waals surface area (Å²) in [4.78, 5) is 23.2. The average molecular weight is 437 g/mol. The summed E-state index contributed by atoms with van der Waals surface area (Å²) in [5.74, 6) is -2.66. The van der Waals surface area contributed by atoms with Crippen LogP contribution in [0.15, 0.2) is 72.8 Å². The lowest BCUT2D eigenvalue weighted by atomic mass is 10.1. The van der Waals surface area contributed by atoms with Gasteiger partial charge in [0.15, 0.2) is 0 Å². The van der Waals surface area contributed by atoms with Gasteiger partial charge in [-0.25, -0.2) is 9.59 Å². The average Bonchev–Trinajstić information content (AvgIpc) is 2.81. The second kappa shape index (κ2) is 11.8. The number of rotatable bonds is 6. The lowest BCUT2D eigenvalue weighted by molar-refractivity contribution is -0.159. The zero-order chi connectivity index (χ0) is 22.8. The Morgan fingerprint density at radius 3 is 2.03 bits per heavy atom. The first kappa shape index (κ1) is 23.2. The van der Waals surface area contributed by atoms with Crippen LogP contribution in [0.3, 0.4) is 0 Å². The van der Waals surface area contributed by atoms with E-state index in [0.29, 0.717) is 0 Å². The number of hydrogen-bond acceptors (Lipinski definition) is 5. The lowest BCUT2D eigenvalue weighted by Gasteiger charge is -2.34. The molecule has 32 heavy (non-hydrogen) atoms. The van der Waals surface area contributed by atoms with E-state index < -0.39 is 11.9 Å². The number of ether oxygens (including phenoxy) is 1. The molecular weight excluding hydrogens is 408 g/mol. The molecule has 1 aliphatic heterocycles. The molecule has 0 amide bonds. The molecule has 2 N–H and O–H groups in total. The number of hydrogen-bond donors (Lipinski definition) is 2. The van der Waals surface area contributed by atoms with Gasteiger partial charge in [0.25, 0.3) is 0 Å². The van der Waals surface area contributed by atoms with Gasteiger partial charge in [-0.05, 0) is 17.0 Å². The van der Waals surface area contributed by atoms with E-state index in [0.717, 1.165) is 51.6 Å². The van der Waals surface area contributed by atoms with Crippen molar-refractivity contribution in [1.82, 2.24) is 9.80 Å². The second-order valence-corrected chi connectivity index (χ2v) is 7.54. The zero-order valence-corrected chi connectivity index (χ0v) is 17.9. The maximum absolute atomic E-state index is 9.10. The van der Waals surface area contributed by atoms with Crippen molar-refractivity contribution in [3.8, 4) is 5.75 Å². The summed E-state index contributed by atoms with van der Waals surface area (Å²) in [5.41, 5.74) is 1.40. The van der Waals surface area contributed by atoms with Crippen LogP contribution in [0.5, 0.6) is 5.75 Å². The molecule has 3 aromatic carbocycles. The summed E-state index contributed by atoms with van der Waals surface area (Å²) >= 11 is 0. The third-order valence-electron chi connectivity index (χ3n) is 5.31. The highest BCUT2D eigenvalue weighted by Gasteiger charge is 2.16. The minimum Gasteiger partial charge on any atom is -0.492 e. The summed E-state index contributed by atoms with van der Waals surface area (Å²) in [6, 6.07) is 25.4. The van der Waals surface area contributed by atoms with Crippen LogP contribution < -0.4 is 4.74 Å². The molecule has 1 saturated heterocycles. The summed E-state index contributed by atoms with van der Waals surface area (Å²) in [7, 11) is 0. The third-order valence-corrected chi connectivity index (χ3v) is 5.31. The number of nitrogens with zero attached hydrogens (tertiary/aromatic N) is 2. The third kappa shape index (κ3) is 7.08. The van der Waals surface area contributed by atoms with Crippen LogP contribution in [0.25, 0.3) is 10.8 Å². The number of carboxylic acids is 2. The Balaban J connectivity index is 0.000000427. The first-order valence-electron chi connectivity index (χ1n) is 10.6. The van der Waals surface area contributed by atoms with E-state index in [1.165, 1.54) is 16.3 Å². The van der Waals surface area contributed by atoms with E-state index >= 15 is 0 Å². The van der Waals surface area contributed by atoms with E-state index in [2.05, 4.69) is 82.6 Å². The van der Waals surface area contributed by atoms with Gasteiger partial charge in [-0.15, -0.1) is 0 Å². The number of benzene rings is 3. The summed E-state index contributed by atoms with van der Waals surface area (Å²) in [6.45, 7) is 7.28. The molecule has 7 heteroatoms. The normalized spacial score (nSPS) is 14.4. The van der Waals surface area contributed by atoms with Crippen molar-refractivity contribution >= 4 is 22.7 Å². The zero-order valence-electron chi connectivity index (χ0n) is 17.9. The minimum atomic E-state index is -1.82. The monoisotopic (exact) mass is 436 g/mol. The van der Waals surface area contributed by atoms with E-state index in [1.807, 2.05) is 0 Å². The lowest BCUT2D eigenvalue weighted by Crippen LogP contribution is -2.47. The standard InChI is InChI=1S/C23H26N2O.C2H2O4/c1-2-7-20(8-3-1)19-25-15-13-24(14-16-25)17-18-26-23-12-6-10-21-9-4-5-11-22(21)23;3-1(4)2(5)6/h1-12H,13-19H2;(H,3,4)(H,5,6). The molecule has 0 spiro atoms. The molecule has 0 bridgehead atoms. The highest BCUT2D eigenvalue weighted by Crippen LogP contribution is 2.25. The number of piperazine rings is 1. The fraction of sp³-hybridized carbons (Fsp3) is 0.280. The summed E-state index contributed by atoms with van der Waals surface area (Å²) in [6.07, 6.45) is 0. The number of fused-ring (bicyclic) bond motifs is 1. The van der Waals surface area contributed by atoms with Gasteiger partial charge in [-0.3, -0.25) is 9.80 Å². The van der Waals surface area contributed by atoms with Crippen LogP contribution in [0.4, 0.5) is 0 Å². The van der Waals surface area contributed by atoms with Crippen molar-refractivity contribution in [2.24, 2.45) is 0 Å². The molecule has 0 saturated carbocycles. The van der Waals surface area contributed by atoms with Gasteiger partial charge in [0.1, 0.15) is 12.4 Å². The second-order valence-electron chi connectivity index (χ2n) is 7.54. The molecule has 0 unspecified atom stereocenters. The Morgan fingerprint density at radius 1 is 0.750 bits per heavy atom. The van der Waals surface area contributed by atoms with Gasteiger partial charge >= 0.3 is 11.9 Å². The number of carboxylic acid groups (broad SMARTS) is 2. The van der Waals surface area contributed by atoms with Crippen LogP contribution in [0.2, 0.25) is 0 Å². The highest BCUT2D eigenvalue weighted by molar-refractivity contribution is 6.27. The van der Waals surface area contributed by atoms with Gasteiger partial charge in [0, 0.05) is 44.7 Å². The number of aliphatic carboxylic acids is 2. The van der Waals surface area contributed by atoms with Crippen LogP contribution in [0.1, 0.15) is 5.56 Å². The molecule has 0 atom stereocenters. The molecule has 1 aliphatic rings. The van der Waals surface area contributed by atoms with E-state index in [-0.39, 0.29) is 0 Å². The van der Waals surface area contributed by atoms with E-state index in [4.69, 9.17) is 24.5 Å². The highest BCUT2D eigenvalue weighted by atomic mass is 16.5. The smallest absolute Gasteiger partial charge is 0.414 e. The van der Waals surface area contributed by atoms with Crippen LogP contribution >= 0.6 is 0 Å². The Morgan fingerprint density at radius 2 is 1.34 bits per heavy atom. The van der Waals surface area contributed by atoms with E-state index in [1.54, 1.807) is 0 Å². The molecule has 1 heterocycles. The van der Waals surface area contributed by atoms with Gasteiger partial charge < -0.3 is 14.9 Å². The molecule has 0 aromatic heterocycles. The SMILES string of the molecule is O=C(O)C(=O)O.c1ccc(CN2CCN(CCOc3cccc4ccccc34)CC2)cc1.